The molecule has 22 rings (SSSR count). The fourth-order valence-electron chi connectivity index (χ4n) is 17.7. The van der Waals surface area contributed by atoms with Crippen LogP contribution >= 0.6 is 0 Å². The number of para-hydroxylation sites is 3. The molecule has 530 valence electrons. The fourth-order valence-corrected chi connectivity index (χ4v) is 17.7. The molecule has 0 radical (unpaired) electrons. The summed E-state index contributed by atoms with van der Waals surface area (Å²) < 4.78 is 231. The van der Waals surface area contributed by atoms with Gasteiger partial charge in [-0.15, -0.1) is 0 Å². The maximum absolute atomic E-state index is 12.0. The molecule has 2 aromatic heterocycles. The van der Waals surface area contributed by atoms with Crippen molar-refractivity contribution in [1.29, 1.82) is 0 Å². The lowest BCUT2D eigenvalue weighted by molar-refractivity contribution is 0.489. The quantitative estimate of drug-likeness (QED) is 0.135. The number of hydrogen-bond acceptors (Lipinski definition) is 3. The van der Waals surface area contributed by atoms with Crippen molar-refractivity contribution in [2.75, 3.05) is 9.80 Å². The summed E-state index contributed by atoms with van der Waals surface area (Å²) in [6, 6.07) is 54.9. The van der Waals surface area contributed by atoms with Gasteiger partial charge in [0.2, 0.25) is 0 Å². The van der Waals surface area contributed by atoms with Crippen LogP contribution in [0, 0.1) is 6.92 Å². The zero-order chi connectivity index (χ0) is 94.1. The van der Waals surface area contributed by atoms with Crippen LogP contribution in [0.15, 0.2) is 345 Å². The van der Waals surface area contributed by atoms with Gasteiger partial charge in [0, 0.05) is 77.8 Å². The Morgan fingerprint density at radius 3 is 1.38 bits per heavy atom. The van der Waals surface area contributed by atoms with Crippen LogP contribution in [-0.4, -0.2) is 22.6 Å². The van der Waals surface area contributed by atoms with Crippen LogP contribution in [-0.2, 0) is 10.8 Å². The lowest BCUT2D eigenvalue weighted by Gasteiger charge is -2.47. The van der Waals surface area contributed by atoms with Crippen LogP contribution in [0.25, 0.3) is 122 Å². The van der Waals surface area contributed by atoms with Crippen molar-refractivity contribution in [2.24, 2.45) is 0 Å². The highest BCUT2D eigenvalue weighted by Crippen LogP contribution is 2.57. The Bertz CT molecular complexity index is 8120. The zero-order valence-corrected chi connectivity index (χ0v) is 62.1. The average Bonchev–Trinajstić information content (AvgIpc) is 1.25. The van der Waals surface area contributed by atoms with Crippen LogP contribution in [0.4, 0.5) is 34.1 Å². The smallest absolute Gasteiger partial charge is 0.256 e. The molecule has 0 unspecified atom stereocenters. The van der Waals surface area contributed by atoms with Crippen molar-refractivity contribution < 1.29 is 34.9 Å². The van der Waals surface area contributed by atoms with E-state index < -0.39 is 185 Å². The summed E-state index contributed by atoms with van der Waals surface area (Å²) in [4.78, 5) is 4.19. The normalized spacial score (nSPS) is 15.9. The van der Waals surface area contributed by atoms with Gasteiger partial charge in [-0.25, -0.2) is 0 Å². The highest BCUT2D eigenvalue weighted by molar-refractivity contribution is 7.02. The highest BCUT2D eigenvalue weighted by Gasteiger charge is 2.51. The molecule has 0 N–H and O–H groups in total. The van der Waals surface area contributed by atoms with Gasteiger partial charge >= 0.3 is 0 Å². The number of rotatable bonds is 9. The number of fused-ring (bicyclic) bond motifs is 15. The number of nitrogens with zero attached hydrogens (tertiary/aromatic N) is 4. The second kappa shape index (κ2) is 24.8. The minimum absolute atomic E-state index is 0.0106. The first kappa shape index (κ1) is 46.9. The number of aryl methyl sites for hydroxylation is 1. The van der Waals surface area contributed by atoms with Crippen molar-refractivity contribution >= 4 is 124 Å². The van der Waals surface area contributed by atoms with Gasteiger partial charge < -0.3 is 23.7 Å². The van der Waals surface area contributed by atoms with Crippen LogP contribution in [0.2, 0.25) is 0 Å². The van der Waals surface area contributed by atoms with Gasteiger partial charge in [-0.05, 0) is 197 Å². The Labute approximate surface area is 685 Å². The Morgan fingerprint density at radius 2 is 0.821 bits per heavy atom. The molecular weight excluding hydrogens is 1350 g/mol. The summed E-state index contributed by atoms with van der Waals surface area (Å²) in [6.07, 6.45) is 0. The lowest BCUT2D eigenvalue weighted by Crippen LogP contribution is -2.64. The van der Waals surface area contributed by atoms with E-state index >= 15 is 0 Å². The van der Waals surface area contributed by atoms with Crippen molar-refractivity contribution in [3.8, 4) is 89.6 Å². The Kier molecular flexibility index (Phi) is 10.4. The number of anilines is 6. The predicted octanol–water partition coefficient (Wildman–Crippen LogP) is 23.8. The van der Waals surface area contributed by atoms with Crippen LogP contribution < -0.4 is 47.3 Å². The predicted molar refractivity (Wildman–Crippen MR) is 475 cm³/mol. The summed E-state index contributed by atoms with van der Waals surface area (Å²) in [5.74, 6) is 0.401. The second-order valence-corrected chi connectivity index (χ2v) is 31.4. The maximum Gasteiger partial charge on any atom is 0.256 e. The molecule has 5 nitrogen and oxygen atoms in total. The third-order valence-corrected chi connectivity index (χ3v) is 22.8. The molecule has 0 aliphatic carbocycles. The van der Waals surface area contributed by atoms with Gasteiger partial charge in [0.1, 0.15) is 11.5 Å². The monoisotopic (exact) mass is 1450 g/mol. The number of hydrogen-bond donors (Lipinski definition) is 0. The first-order valence-electron chi connectivity index (χ1n) is 48.7. The number of aromatic nitrogens is 2. The molecule has 16 aromatic carbocycles. The van der Waals surface area contributed by atoms with Gasteiger partial charge in [0.05, 0.1) is 63.8 Å². The topological polar surface area (TPSA) is 25.6 Å². The SMILES string of the molecule is [2H]c1c([2H])c([2H])c(-c2c([2H])c([2H])c3c(c2[2H])c2c([2H])c([2H])c([2H])c4c2n3-c2cc3c(c5c2B4c2ccc(-c4ccccc4)cc2O5)N(c2c(-c4ccccc4)cc(C(C)(C)C)cc2-c2ccccc2)c2cc(C)cc4c2B3c2c([2H])c([2H])c(-n3c5c([2H])c([2H])c([2H])c([2H])c5c5c([2H])c([2H])c([2H])c([2H])c53)c([2H])c2N4c2c(-c3ccccc3)cc(C(C)(C)C)cc2-c2ccccc2)c([2H])c1[2H]. The van der Waals surface area contributed by atoms with E-state index in [0.717, 1.165) is 54.6 Å². The van der Waals surface area contributed by atoms with E-state index in [2.05, 4.69) is 101 Å². The van der Waals surface area contributed by atoms with E-state index in [4.69, 9.17) is 8.85 Å². The first-order chi connectivity index (χ1) is 63.9. The van der Waals surface area contributed by atoms with Crippen molar-refractivity contribution in [3.63, 3.8) is 0 Å². The van der Waals surface area contributed by atoms with E-state index in [1.807, 2.05) is 170 Å². The molecular formula is C105H78B2N4O. The molecule has 6 heterocycles. The van der Waals surface area contributed by atoms with Crippen molar-refractivity contribution in [1.82, 2.24) is 9.13 Å². The molecule has 4 aliphatic heterocycles. The first-order valence-corrected chi connectivity index (χ1v) is 37.7. The minimum Gasteiger partial charge on any atom is -0.456 e. The Hall–Kier alpha value is -13.4. The summed E-state index contributed by atoms with van der Waals surface area (Å²) in [5, 5.41) is -0.985. The third kappa shape index (κ3) is 9.98. The molecule has 18 aromatic rings. The van der Waals surface area contributed by atoms with E-state index in [-0.39, 0.29) is 66.4 Å². The minimum atomic E-state index is -1.43. The van der Waals surface area contributed by atoms with E-state index in [0.29, 0.717) is 72.5 Å². The molecule has 0 saturated carbocycles. The van der Waals surface area contributed by atoms with Crippen LogP contribution in [0.1, 0.15) is 88.4 Å². The van der Waals surface area contributed by atoms with Gasteiger partial charge in [-0.2, -0.15) is 0 Å². The lowest BCUT2D eigenvalue weighted by atomic mass is 9.31. The van der Waals surface area contributed by atoms with Crippen LogP contribution in [0.5, 0.6) is 11.5 Å². The Balaban J connectivity index is 1.00. The number of ether oxygens (including phenoxy) is 1. The van der Waals surface area contributed by atoms with Crippen LogP contribution in [0.3, 0.4) is 0 Å². The average molecular weight is 1460 g/mol. The summed E-state index contributed by atoms with van der Waals surface area (Å²) in [5.41, 5.74) is 10.4. The molecule has 0 atom stereocenters. The van der Waals surface area contributed by atoms with E-state index in [1.165, 1.54) is 0 Å². The molecule has 112 heavy (non-hydrogen) atoms. The zero-order valence-electron chi connectivity index (χ0n) is 84.1. The third-order valence-electron chi connectivity index (χ3n) is 22.8. The van der Waals surface area contributed by atoms with Gasteiger partial charge in [-0.3, -0.25) is 0 Å². The standard InChI is InChI=1S/C105H78B2N4O/c1-65-55-93-97-94(56-65)111(100-82(70-39-22-12-23-40-70)61-75(105(5,6)7)62-83(100)71-41-24-13-25-42-71)102-88(64-95-98-103(102)112-96-58-73(67-33-16-9-17-34-67)49-52-86(96)107(98)87-46-30-45-79-84-57-72(66-31-14-8-15-32-66)50-54-91(84)109(95)101(79)87)106(97)85-53-51-76(108-89-47-28-26-43-77(89)78-44-27-29-48-90(78)108)63-92(85)110(93)99-80(68-35-18-10-19-36-68)59-74(104(2,3)4)60-81(99)69-37-20-11-21-38-69/h8-64H,1-7H3/i8D,14D,15D,26D,27D,28D,29D,30D,31D,32D,43D,44D,45D,46D,47D,48D,50D,51D,53D,54D,57D,63D. The molecule has 0 saturated heterocycles. The fraction of sp³-hybridized carbons (Fsp3) is 0.0857. The van der Waals surface area contributed by atoms with Crippen molar-refractivity contribution in [3.05, 3.63) is 362 Å². The maximum atomic E-state index is 12.0. The van der Waals surface area contributed by atoms with E-state index in [9.17, 15) is 26.0 Å². The summed E-state index contributed by atoms with van der Waals surface area (Å²) in [6.45, 7) is 12.2. The van der Waals surface area contributed by atoms with Gasteiger partial charge in [0.25, 0.3) is 13.4 Å². The molecule has 0 amide bonds. The number of benzene rings is 16. The molecule has 7 heteroatoms. The molecule has 0 spiro atoms. The second-order valence-electron chi connectivity index (χ2n) is 31.4. The molecule has 0 bridgehead atoms. The van der Waals surface area contributed by atoms with E-state index in [1.54, 1.807) is 4.57 Å². The Morgan fingerprint density at radius 1 is 0.321 bits per heavy atom. The van der Waals surface area contributed by atoms with Gasteiger partial charge in [0.15, 0.2) is 0 Å². The summed E-state index contributed by atoms with van der Waals surface area (Å²) in [7, 11) is 0. The largest absolute Gasteiger partial charge is 0.456 e. The van der Waals surface area contributed by atoms with Gasteiger partial charge in [-0.1, -0.05) is 302 Å². The molecule has 4 aliphatic rings. The molecule has 0 fully saturated rings. The highest BCUT2D eigenvalue weighted by atomic mass is 16.5. The van der Waals surface area contributed by atoms with Crippen molar-refractivity contribution in [2.45, 2.75) is 59.3 Å². The summed E-state index contributed by atoms with van der Waals surface area (Å²) >= 11 is 0.